The van der Waals surface area contributed by atoms with E-state index in [4.69, 9.17) is 0 Å². The third kappa shape index (κ3) is 3.23. The predicted octanol–water partition coefficient (Wildman–Crippen LogP) is 1.81. The summed E-state index contributed by atoms with van der Waals surface area (Å²) in [6.07, 6.45) is 0. The predicted molar refractivity (Wildman–Crippen MR) is 79.8 cm³/mol. The molecular weight excluding hydrogens is 318 g/mol. The van der Waals surface area contributed by atoms with E-state index in [1.807, 2.05) is 0 Å². The van der Waals surface area contributed by atoms with Gasteiger partial charge in [0.25, 0.3) is 0 Å². The van der Waals surface area contributed by atoms with Gasteiger partial charge in [0.05, 0.1) is 0 Å². The zero-order valence-corrected chi connectivity index (χ0v) is 13.5. The van der Waals surface area contributed by atoms with E-state index in [0.29, 0.717) is 18.1 Å². The lowest BCUT2D eigenvalue weighted by molar-refractivity contribution is 0.364. The number of sulfonamides is 1. The number of hydrogen-bond acceptors (Lipinski definition) is 4. The first kappa shape index (κ1) is 16.7. The van der Waals surface area contributed by atoms with Crippen LogP contribution in [0.15, 0.2) is 17.0 Å². The van der Waals surface area contributed by atoms with Crippen molar-refractivity contribution in [2.75, 3.05) is 25.1 Å². The van der Waals surface area contributed by atoms with Gasteiger partial charge in [-0.1, -0.05) is 0 Å². The normalized spacial score (nSPS) is 20.7. The van der Waals surface area contributed by atoms with Gasteiger partial charge < -0.3 is 5.32 Å². The van der Waals surface area contributed by atoms with Gasteiger partial charge in [-0.25, -0.2) is 17.2 Å². The van der Waals surface area contributed by atoms with Crippen molar-refractivity contribution in [3.05, 3.63) is 29.3 Å². The lowest BCUT2D eigenvalue weighted by Gasteiger charge is -2.32. The van der Waals surface area contributed by atoms with Gasteiger partial charge in [-0.3, -0.25) is 0 Å². The standard InChI is InChI=1S/C13H18F2N2O2S2/c1-9-8-20-6-5-17(9)21(18,19)12-4-3-11(14)10(7-16-2)13(12)15/h3-4,9,16H,5-8H2,1-2H3. The molecular formula is C13H18F2N2O2S2. The fourth-order valence-electron chi connectivity index (χ4n) is 2.31. The summed E-state index contributed by atoms with van der Waals surface area (Å²) < 4.78 is 54.6. The number of benzene rings is 1. The number of nitrogens with one attached hydrogen (secondary N) is 1. The molecule has 4 nitrogen and oxygen atoms in total. The van der Waals surface area contributed by atoms with Crippen molar-refractivity contribution in [3.63, 3.8) is 0 Å². The highest BCUT2D eigenvalue weighted by molar-refractivity contribution is 7.99. The molecule has 0 saturated carbocycles. The second-order valence-electron chi connectivity index (χ2n) is 4.91. The van der Waals surface area contributed by atoms with Crippen molar-refractivity contribution < 1.29 is 17.2 Å². The van der Waals surface area contributed by atoms with Crippen LogP contribution in [0.4, 0.5) is 8.78 Å². The highest BCUT2D eigenvalue weighted by Crippen LogP contribution is 2.28. The zero-order valence-electron chi connectivity index (χ0n) is 11.9. The maximum Gasteiger partial charge on any atom is 0.246 e. The summed E-state index contributed by atoms with van der Waals surface area (Å²) in [6.45, 7) is 2.07. The Morgan fingerprint density at radius 3 is 2.76 bits per heavy atom. The first-order chi connectivity index (χ1) is 9.89. The molecule has 21 heavy (non-hydrogen) atoms. The van der Waals surface area contributed by atoms with E-state index in [9.17, 15) is 17.2 Å². The van der Waals surface area contributed by atoms with Gasteiger partial charge in [0.15, 0.2) is 5.82 Å². The number of thioether (sulfide) groups is 1. The van der Waals surface area contributed by atoms with Gasteiger partial charge in [0.2, 0.25) is 10.0 Å². The van der Waals surface area contributed by atoms with Crippen LogP contribution in [-0.4, -0.2) is 43.9 Å². The zero-order chi connectivity index (χ0) is 15.6. The van der Waals surface area contributed by atoms with Gasteiger partial charge in [-0.05, 0) is 26.1 Å². The molecule has 1 aromatic carbocycles. The Hall–Kier alpha value is -0.700. The van der Waals surface area contributed by atoms with Crippen LogP contribution in [0.1, 0.15) is 12.5 Å². The molecule has 1 aliphatic heterocycles. The van der Waals surface area contributed by atoms with Gasteiger partial charge >= 0.3 is 0 Å². The van der Waals surface area contributed by atoms with E-state index in [-0.39, 0.29) is 18.2 Å². The monoisotopic (exact) mass is 336 g/mol. The molecule has 0 aromatic heterocycles. The van der Waals surface area contributed by atoms with Crippen molar-refractivity contribution in [1.29, 1.82) is 0 Å². The van der Waals surface area contributed by atoms with E-state index in [1.54, 1.807) is 25.7 Å². The second kappa shape index (κ2) is 6.60. The Bertz CT molecular complexity index is 623. The van der Waals surface area contributed by atoms with E-state index in [0.717, 1.165) is 12.1 Å². The van der Waals surface area contributed by atoms with Crippen molar-refractivity contribution in [2.45, 2.75) is 24.4 Å². The highest BCUT2D eigenvalue weighted by atomic mass is 32.2. The number of halogens is 2. The molecule has 0 bridgehead atoms. The SMILES string of the molecule is CNCc1c(F)ccc(S(=O)(=O)N2CCSCC2C)c1F. The van der Waals surface area contributed by atoms with Crippen molar-refractivity contribution >= 4 is 21.8 Å². The quantitative estimate of drug-likeness (QED) is 0.911. The van der Waals surface area contributed by atoms with E-state index in [1.165, 1.54) is 4.31 Å². The fourth-order valence-corrected chi connectivity index (χ4v) is 5.26. The smallest absolute Gasteiger partial charge is 0.246 e. The van der Waals surface area contributed by atoms with Gasteiger partial charge in [0.1, 0.15) is 10.7 Å². The summed E-state index contributed by atoms with van der Waals surface area (Å²) in [7, 11) is -2.40. The topological polar surface area (TPSA) is 49.4 Å². The van der Waals surface area contributed by atoms with E-state index >= 15 is 0 Å². The Kier molecular flexibility index (Phi) is 5.24. The number of rotatable bonds is 4. The Morgan fingerprint density at radius 2 is 2.14 bits per heavy atom. The molecule has 1 saturated heterocycles. The van der Waals surface area contributed by atoms with Crippen molar-refractivity contribution in [1.82, 2.24) is 9.62 Å². The van der Waals surface area contributed by atoms with Crippen LogP contribution >= 0.6 is 11.8 Å². The average Bonchev–Trinajstić information content (AvgIpc) is 2.43. The van der Waals surface area contributed by atoms with Crippen LogP contribution < -0.4 is 5.32 Å². The van der Waals surface area contributed by atoms with Gasteiger partial charge in [-0.2, -0.15) is 16.1 Å². The lowest BCUT2D eigenvalue weighted by Crippen LogP contribution is -2.44. The average molecular weight is 336 g/mol. The van der Waals surface area contributed by atoms with Crippen LogP contribution in [-0.2, 0) is 16.6 Å². The minimum Gasteiger partial charge on any atom is -0.315 e. The molecule has 0 amide bonds. The molecule has 0 spiro atoms. The molecule has 1 aromatic rings. The first-order valence-corrected chi connectivity index (χ1v) is 9.20. The minimum absolute atomic E-state index is 0.0631. The highest BCUT2D eigenvalue weighted by Gasteiger charge is 2.34. The summed E-state index contributed by atoms with van der Waals surface area (Å²) in [5.41, 5.74) is -0.252. The first-order valence-electron chi connectivity index (χ1n) is 6.60. The molecule has 1 unspecified atom stereocenters. The summed E-state index contributed by atoms with van der Waals surface area (Å²) in [5, 5.41) is 2.64. The molecule has 0 radical (unpaired) electrons. The van der Waals surface area contributed by atoms with Crippen molar-refractivity contribution in [2.24, 2.45) is 0 Å². The largest absolute Gasteiger partial charge is 0.315 e. The van der Waals surface area contributed by atoms with Crippen LogP contribution in [0.25, 0.3) is 0 Å². The molecule has 118 valence electrons. The summed E-state index contributed by atoms with van der Waals surface area (Å²) in [6, 6.07) is 1.81. The third-order valence-corrected chi connectivity index (χ3v) is 6.62. The molecule has 1 aliphatic rings. The van der Waals surface area contributed by atoms with E-state index in [2.05, 4.69) is 5.32 Å². The van der Waals surface area contributed by atoms with Crippen molar-refractivity contribution in [3.8, 4) is 0 Å². The Morgan fingerprint density at radius 1 is 1.43 bits per heavy atom. The Labute approximate surface area is 128 Å². The van der Waals surface area contributed by atoms with Crippen LogP contribution in [0, 0.1) is 11.6 Å². The Balaban J connectivity index is 2.47. The third-order valence-electron chi connectivity index (χ3n) is 3.40. The molecule has 1 fully saturated rings. The molecule has 2 rings (SSSR count). The van der Waals surface area contributed by atoms with Crippen LogP contribution in [0.2, 0.25) is 0 Å². The summed E-state index contributed by atoms with van der Waals surface area (Å²) >= 11 is 1.67. The fraction of sp³-hybridized carbons (Fsp3) is 0.538. The minimum atomic E-state index is -3.95. The molecule has 0 aliphatic carbocycles. The maximum atomic E-state index is 14.4. The summed E-state index contributed by atoms with van der Waals surface area (Å²) in [5.74, 6) is -0.404. The maximum absolute atomic E-state index is 14.4. The van der Waals surface area contributed by atoms with Gasteiger partial charge in [-0.15, -0.1) is 0 Å². The lowest BCUT2D eigenvalue weighted by atomic mass is 10.2. The number of hydrogen-bond donors (Lipinski definition) is 1. The van der Waals surface area contributed by atoms with Crippen LogP contribution in [0.5, 0.6) is 0 Å². The number of nitrogens with zero attached hydrogens (tertiary/aromatic N) is 1. The second-order valence-corrected chi connectivity index (χ2v) is 7.92. The van der Waals surface area contributed by atoms with E-state index < -0.39 is 26.6 Å². The summed E-state index contributed by atoms with van der Waals surface area (Å²) in [4.78, 5) is -0.451. The molecule has 8 heteroatoms. The van der Waals surface area contributed by atoms with Crippen LogP contribution in [0.3, 0.4) is 0 Å². The molecule has 1 heterocycles. The molecule has 1 atom stereocenters. The van der Waals surface area contributed by atoms with Gasteiger partial charge in [0, 0.05) is 36.2 Å². The molecule has 1 N–H and O–H groups in total.